The Morgan fingerprint density at radius 1 is 1.50 bits per heavy atom. The number of nitrogens with zero attached hydrogens (tertiary/aromatic N) is 2. The number of amides is 2. The highest BCUT2D eigenvalue weighted by molar-refractivity contribution is 5.90. The molecule has 1 unspecified atom stereocenters. The molecule has 1 atom stereocenters. The van der Waals surface area contributed by atoms with E-state index in [-0.39, 0.29) is 24.1 Å². The van der Waals surface area contributed by atoms with E-state index in [4.69, 9.17) is 10.5 Å². The Morgan fingerprint density at radius 3 is 3.00 bits per heavy atom. The first-order chi connectivity index (χ1) is 9.61. The van der Waals surface area contributed by atoms with Crippen molar-refractivity contribution in [3.63, 3.8) is 0 Å². The number of methoxy groups -OCH3 is 1. The monoisotopic (exact) mass is 277 g/mol. The molecule has 2 N–H and O–H groups in total. The number of hydrogen-bond acceptors (Lipinski definition) is 4. The maximum atomic E-state index is 11.9. The smallest absolute Gasteiger partial charge is 0.267 e. The zero-order chi connectivity index (χ0) is 14.5. The van der Waals surface area contributed by atoms with Gasteiger partial charge in [-0.3, -0.25) is 9.59 Å². The topological polar surface area (TPSA) is 85.5 Å². The van der Waals surface area contributed by atoms with E-state index in [9.17, 15) is 9.59 Å². The van der Waals surface area contributed by atoms with Gasteiger partial charge in [0.25, 0.3) is 5.91 Å². The van der Waals surface area contributed by atoms with Crippen LogP contribution in [0.15, 0.2) is 18.2 Å². The Bertz CT molecular complexity index is 504. The zero-order valence-electron chi connectivity index (χ0n) is 11.5. The third kappa shape index (κ3) is 3.33. The van der Waals surface area contributed by atoms with Crippen molar-refractivity contribution in [1.82, 2.24) is 9.88 Å². The SMILES string of the molecule is COCC(=O)N1CCCC(c2cccc(C(N)=O)n2)C1. The molecule has 2 rings (SSSR count). The van der Waals surface area contributed by atoms with E-state index in [0.29, 0.717) is 6.54 Å². The number of ether oxygens (including phenoxy) is 1. The van der Waals surface area contributed by atoms with Gasteiger partial charge in [0.2, 0.25) is 5.91 Å². The summed E-state index contributed by atoms with van der Waals surface area (Å²) in [5, 5.41) is 0. The minimum Gasteiger partial charge on any atom is -0.375 e. The highest BCUT2D eigenvalue weighted by Crippen LogP contribution is 2.25. The summed E-state index contributed by atoms with van der Waals surface area (Å²) in [7, 11) is 1.51. The van der Waals surface area contributed by atoms with Crippen LogP contribution >= 0.6 is 0 Å². The molecule has 108 valence electrons. The first-order valence-electron chi connectivity index (χ1n) is 6.65. The van der Waals surface area contributed by atoms with Gasteiger partial charge in [0, 0.05) is 31.8 Å². The summed E-state index contributed by atoms with van der Waals surface area (Å²) in [6.45, 7) is 1.45. The van der Waals surface area contributed by atoms with E-state index in [2.05, 4.69) is 4.98 Å². The number of carbonyl (C=O) groups is 2. The van der Waals surface area contributed by atoms with Gasteiger partial charge in [0.1, 0.15) is 12.3 Å². The second kappa shape index (κ2) is 6.47. The molecule has 0 spiro atoms. The van der Waals surface area contributed by atoms with Crippen molar-refractivity contribution in [1.29, 1.82) is 0 Å². The van der Waals surface area contributed by atoms with Crippen LogP contribution in [0, 0.1) is 0 Å². The number of carbonyl (C=O) groups excluding carboxylic acids is 2. The minimum absolute atomic E-state index is 0.0109. The second-order valence-electron chi connectivity index (χ2n) is 4.92. The predicted octanol–water partition coefficient (Wildman–Crippen LogP) is 0.533. The van der Waals surface area contributed by atoms with Crippen LogP contribution < -0.4 is 5.73 Å². The normalized spacial score (nSPS) is 18.9. The third-order valence-electron chi connectivity index (χ3n) is 3.48. The molecule has 2 heterocycles. The summed E-state index contributed by atoms with van der Waals surface area (Å²) < 4.78 is 4.88. The van der Waals surface area contributed by atoms with Crippen molar-refractivity contribution in [2.45, 2.75) is 18.8 Å². The molecule has 6 nitrogen and oxygen atoms in total. The van der Waals surface area contributed by atoms with Crippen LogP contribution in [0.5, 0.6) is 0 Å². The number of rotatable bonds is 4. The lowest BCUT2D eigenvalue weighted by Gasteiger charge is -2.32. The lowest BCUT2D eigenvalue weighted by atomic mass is 9.94. The number of pyridine rings is 1. The van der Waals surface area contributed by atoms with Crippen LogP contribution in [-0.4, -0.2) is 48.5 Å². The van der Waals surface area contributed by atoms with Crippen molar-refractivity contribution >= 4 is 11.8 Å². The average molecular weight is 277 g/mol. The highest BCUT2D eigenvalue weighted by Gasteiger charge is 2.25. The van der Waals surface area contributed by atoms with Gasteiger partial charge < -0.3 is 15.4 Å². The van der Waals surface area contributed by atoms with Crippen LogP contribution in [0.3, 0.4) is 0 Å². The Balaban J connectivity index is 2.10. The van der Waals surface area contributed by atoms with Crippen molar-refractivity contribution in [2.75, 3.05) is 26.8 Å². The number of likely N-dealkylation sites (tertiary alicyclic amines) is 1. The zero-order valence-corrected chi connectivity index (χ0v) is 11.5. The first-order valence-corrected chi connectivity index (χ1v) is 6.65. The van der Waals surface area contributed by atoms with Crippen molar-refractivity contribution in [3.8, 4) is 0 Å². The van der Waals surface area contributed by atoms with Gasteiger partial charge >= 0.3 is 0 Å². The second-order valence-corrected chi connectivity index (χ2v) is 4.92. The summed E-state index contributed by atoms with van der Waals surface area (Å²) in [5.41, 5.74) is 6.33. The van der Waals surface area contributed by atoms with E-state index >= 15 is 0 Å². The van der Waals surface area contributed by atoms with Crippen LogP contribution in [0.2, 0.25) is 0 Å². The fraction of sp³-hybridized carbons (Fsp3) is 0.500. The van der Waals surface area contributed by atoms with Gasteiger partial charge in [0.05, 0.1) is 0 Å². The molecule has 1 aromatic heterocycles. The number of nitrogens with two attached hydrogens (primary N) is 1. The molecule has 6 heteroatoms. The lowest BCUT2D eigenvalue weighted by molar-refractivity contribution is -0.136. The molecule has 2 amide bonds. The van der Waals surface area contributed by atoms with Crippen molar-refractivity contribution in [2.24, 2.45) is 5.73 Å². The molecule has 20 heavy (non-hydrogen) atoms. The van der Waals surface area contributed by atoms with Gasteiger partial charge in [-0.15, -0.1) is 0 Å². The number of primary amides is 1. The average Bonchev–Trinajstić information content (AvgIpc) is 2.48. The Hall–Kier alpha value is -1.95. The minimum atomic E-state index is -0.532. The predicted molar refractivity (Wildman–Crippen MR) is 73.2 cm³/mol. The number of hydrogen-bond donors (Lipinski definition) is 1. The Kier molecular flexibility index (Phi) is 4.68. The summed E-state index contributed by atoms with van der Waals surface area (Å²) in [6.07, 6.45) is 1.87. The van der Waals surface area contributed by atoms with E-state index in [1.54, 1.807) is 17.0 Å². The molecule has 0 bridgehead atoms. The van der Waals surface area contributed by atoms with Crippen LogP contribution in [0.4, 0.5) is 0 Å². The van der Waals surface area contributed by atoms with Gasteiger partial charge in [-0.05, 0) is 25.0 Å². The summed E-state index contributed by atoms with van der Waals surface area (Å²) >= 11 is 0. The summed E-state index contributed by atoms with van der Waals surface area (Å²) in [6, 6.07) is 5.25. The summed E-state index contributed by atoms with van der Waals surface area (Å²) in [4.78, 5) is 29.1. The van der Waals surface area contributed by atoms with Crippen LogP contribution in [0.1, 0.15) is 34.9 Å². The highest BCUT2D eigenvalue weighted by atomic mass is 16.5. The van der Waals surface area contributed by atoms with E-state index in [1.165, 1.54) is 7.11 Å². The first kappa shape index (κ1) is 14.5. The molecular weight excluding hydrogens is 258 g/mol. The fourth-order valence-electron chi connectivity index (χ4n) is 2.48. The molecule has 1 fully saturated rings. The summed E-state index contributed by atoms with van der Waals surface area (Å²) in [5.74, 6) is -0.401. The molecule has 0 aliphatic carbocycles. The molecule has 1 aliphatic rings. The Labute approximate surface area is 117 Å². The van der Waals surface area contributed by atoms with Gasteiger partial charge in [-0.1, -0.05) is 6.07 Å². The number of piperidine rings is 1. The maximum Gasteiger partial charge on any atom is 0.267 e. The van der Waals surface area contributed by atoms with Gasteiger partial charge in [-0.25, -0.2) is 4.98 Å². The van der Waals surface area contributed by atoms with E-state index in [0.717, 1.165) is 25.1 Å². The van der Waals surface area contributed by atoms with Gasteiger partial charge in [-0.2, -0.15) is 0 Å². The van der Waals surface area contributed by atoms with Crippen molar-refractivity contribution in [3.05, 3.63) is 29.6 Å². The van der Waals surface area contributed by atoms with Gasteiger partial charge in [0.15, 0.2) is 0 Å². The quantitative estimate of drug-likeness (QED) is 0.870. The molecular formula is C14H19N3O3. The molecule has 1 aliphatic heterocycles. The largest absolute Gasteiger partial charge is 0.375 e. The fourth-order valence-corrected chi connectivity index (χ4v) is 2.48. The van der Waals surface area contributed by atoms with Crippen LogP contribution in [0.25, 0.3) is 0 Å². The molecule has 0 radical (unpaired) electrons. The van der Waals surface area contributed by atoms with Crippen LogP contribution in [-0.2, 0) is 9.53 Å². The Morgan fingerprint density at radius 2 is 2.30 bits per heavy atom. The standard InChI is InChI=1S/C14H19N3O3/c1-20-9-13(18)17-7-3-4-10(8-17)11-5-2-6-12(16-11)14(15)19/h2,5-6,10H,3-4,7-9H2,1H3,(H2,15,19). The maximum absolute atomic E-state index is 11.9. The molecule has 0 saturated carbocycles. The number of aromatic nitrogens is 1. The molecule has 1 aromatic rings. The molecule has 0 aromatic carbocycles. The molecule has 1 saturated heterocycles. The van der Waals surface area contributed by atoms with E-state index in [1.807, 2.05) is 6.07 Å². The van der Waals surface area contributed by atoms with E-state index < -0.39 is 5.91 Å². The lowest BCUT2D eigenvalue weighted by Crippen LogP contribution is -2.41. The third-order valence-corrected chi connectivity index (χ3v) is 3.48. The van der Waals surface area contributed by atoms with Crippen molar-refractivity contribution < 1.29 is 14.3 Å².